The predicted molar refractivity (Wildman–Crippen MR) is 108 cm³/mol. The molecule has 27 heavy (non-hydrogen) atoms. The Labute approximate surface area is 171 Å². The lowest BCUT2D eigenvalue weighted by Crippen LogP contribution is -2.21. The molecule has 0 amide bonds. The molecule has 3 aromatic rings. The summed E-state index contributed by atoms with van der Waals surface area (Å²) in [5.74, 6) is -0.122. The van der Waals surface area contributed by atoms with Gasteiger partial charge in [-0.05, 0) is 28.1 Å². The first-order valence-electron chi connectivity index (χ1n) is 7.31. The van der Waals surface area contributed by atoms with Crippen LogP contribution in [0.1, 0.15) is 0 Å². The third-order valence-electron chi connectivity index (χ3n) is 3.39. The van der Waals surface area contributed by atoms with Gasteiger partial charge in [-0.25, -0.2) is 12.7 Å². The molecule has 9 nitrogen and oxygen atoms in total. The average Bonchev–Trinajstić information content (AvgIpc) is 3.13. The van der Waals surface area contributed by atoms with Gasteiger partial charge in [0, 0.05) is 32.7 Å². The fourth-order valence-electron chi connectivity index (χ4n) is 2.02. The second-order valence-corrected chi connectivity index (χ2v) is 10.3. The molecule has 0 fully saturated rings. The minimum absolute atomic E-state index is 0.117. The summed E-state index contributed by atoms with van der Waals surface area (Å²) in [6, 6.07) is 7.26. The lowest BCUT2D eigenvalue weighted by atomic mass is 10.3. The number of benzene rings is 1. The van der Waals surface area contributed by atoms with Crippen molar-refractivity contribution in [3.05, 3.63) is 34.1 Å². The topological polar surface area (TPSA) is 131 Å². The molecule has 3 N–H and O–H groups in total. The number of aromatic nitrogens is 2. The van der Waals surface area contributed by atoms with E-state index in [0.29, 0.717) is 5.69 Å². The molecule has 13 heteroatoms. The Bertz CT molecular complexity index is 1080. The van der Waals surface area contributed by atoms with Crippen LogP contribution in [0, 0.1) is 0 Å². The fraction of sp³-hybridized carbons (Fsp3) is 0.143. The zero-order chi connectivity index (χ0) is 19.8. The van der Waals surface area contributed by atoms with Crippen molar-refractivity contribution in [3.63, 3.8) is 0 Å². The molecule has 1 unspecified atom stereocenters. The van der Waals surface area contributed by atoms with E-state index in [1.165, 1.54) is 19.5 Å². The monoisotopic (exact) mass is 491 g/mol. The molecule has 1 aromatic carbocycles. The van der Waals surface area contributed by atoms with E-state index in [2.05, 4.69) is 35.3 Å². The highest BCUT2D eigenvalue weighted by molar-refractivity contribution is 9.10. The Hall–Kier alpha value is -1.77. The quantitative estimate of drug-likeness (QED) is 0.446. The van der Waals surface area contributed by atoms with Crippen LogP contribution in [0.3, 0.4) is 0 Å². The maximum atomic E-state index is 12.2. The van der Waals surface area contributed by atoms with Gasteiger partial charge in [0.15, 0.2) is 21.1 Å². The number of para-hydroxylation sites is 1. The first-order chi connectivity index (χ1) is 12.7. The number of nitrogens with zero attached hydrogens (tertiary/aromatic N) is 3. The van der Waals surface area contributed by atoms with Crippen LogP contribution >= 0.6 is 38.4 Å². The smallest absolute Gasteiger partial charge is 0.255 e. The molecule has 0 aliphatic carbocycles. The van der Waals surface area contributed by atoms with E-state index in [4.69, 9.17) is 0 Å². The minimum atomic E-state index is -3.79. The molecule has 2 aromatic heterocycles. The van der Waals surface area contributed by atoms with Crippen molar-refractivity contribution in [2.45, 2.75) is 4.21 Å². The standard InChI is InChI=1S/C14H14BrN5O4S3/c1-20(2)27(23,24)14-11(21)10(7-25-14)17-13-12(18-26(22)19-13)16-9-6-4-3-5-8(9)15/h3-7,21H,1-2H3,(H,16,18)(H,17,19). The lowest BCUT2D eigenvalue weighted by molar-refractivity contribution is 0.460. The van der Waals surface area contributed by atoms with Crippen molar-refractivity contribution in [1.82, 2.24) is 13.1 Å². The van der Waals surface area contributed by atoms with E-state index in [9.17, 15) is 18.1 Å². The van der Waals surface area contributed by atoms with Gasteiger partial charge in [0.1, 0.15) is 0 Å². The van der Waals surface area contributed by atoms with Gasteiger partial charge < -0.3 is 20.3 Å². The molecule has 1 atom stereocenters. The number of halogens is 1. The van der Waals surface area contributed by atoms with Crippen molar-refractivity contribution in [2.75, 3.05) is 24.7 Å². The molecule has 144 valence electrons. The van der Waals surface area contributed by atoms with E-state index in [0.717, 1.165) is 20.1 Å². The second-order valence-electron chi connectivity index (χ2n) is 5.41. The Kier molecular flexibility index (Phi) is 5.69. The molecule has 0 bridgehead atoms. The molecule has 0 spiro atoms. The zero-order valence-electron chi connectivity index (χ0n) is 14.0. The van der Waals surface area contributed by atoms with Crippen molar-refractivity contribution in [3.8, 4) is 5.75 Å². The number of thiophene rings is 1. The van der Waals surface area contributed by atoms with Gasteiger partial charge in [0.2, 0.25) is 11.6 Å². The van der Waals surface area contributed by atoms with Gasteiger partial charge in [0.25, 0.3) is 10.0 Å². The Morgan fingerprint density at radius 1 is 1.19 bits per heavy atom. The largest absolute Gasteiger partial charge is 0.546 e. The van der Waals surface area contributed by atoms with E-state index < -0.39 is 26.9 Å². The van der Waals surface area contributed by atoms with Gasteiger partial charge in [-0.2, -0.15) is 0 Å². The van der Waals surface area contributed by atoms with Crippen molar-refractivity contribution < 1.29 is 18.1 Å². The lowest BCUT2D eigenvalue weighted by Gasteiger charge is -2.10. The number of sulfonamides is 1. The van der Waals surface area contributed by atoms with Crippen LogP contribution < -0.4 is 10.6 Å². The van der Waals surface area contributed by atoms with Gasteiger partial charge in [-0.3, -0.25) is 0 Å². The summed E-state index contributed by atoms with van der Waals surface area (Å²) in [6.07, 6.45) is 0. The number of hydrogen-bond donors (Lipinski definition) is 3. The SMILES string of the molecule is CN(C)S(=O)(=O)c1scc(Nc2n[s+]([O-])nc2Nc2ccccc2Br)c1O. The Morgan fingerprint density at radius 3 is 2.37 bits per heavy atom. The number of anilines is 4. The maximum Gasteiger partial charge on any atom is 0.255 e. The third kappa shape index (κ3) is 4.07. The van der Waals surface area contributed by atoms with Crippen LogP contribution in [0.4, 0.5) is 23.0 Å². The normalized spacial score (nSPS) is 12.4. The molecule has 0 saturated heterocycles. The van der Waals surface area contributed by atoms with E-state index in [-0.39, 0.29) is 21.5 Å². The average molecular weight is 492 g/mol. The molecule has 2 heterocycles. The fourth-order valence-corrected chi connectivity index (χ4v) is 5.40. The summed E-state index contributed by atoms with van der Waals surface area (Å²) in [4.78, 5) is 0. The van der Waals surface area contributed by atoms with Gasteiger partial charge >= 0.3 is 0 Å². The van der Waals surface area contributed by atoms with Crippen molar-refractivity contribution >= 4 is 71.4 Å². The minimum Gasteiger partial charge on any atom is -0.546 e. The number of rotatable bonds is 6. The summed E-state index contributed by atoms with van der Waals surface area (Å²) in [6.45, 7) is 0. The van der Waals surface area contributed by atoms with Gasteiger partial charge in [0.05, 0.1) is 11.4 Å². The van der Waals surface area contributed by atoms with Crippen LogP contribution in [0.5, 0.6) is 5.75 Å². The van der Waals surface area contributed by atoms with E-state index in [1.807, 2.05) is 18.2 Å². The van der Waals surface area contributed by atoms with Crippen LogP contribution in [0.2, 0.25) is 0 Å². The Balaban J connectivity index is 1.92. The third-order valence-corrected chi connectivity index (χ3v) is 8.06. The van der Waals surface area contributed by atoms with Gasteiger partial charge in [-0.15, -0.1) is 11.3 Å². The highest BCUT2D eigenvalue weighted by atomic mass is 79.9. The summed E-state index contributed by atoms with van der Waals surface area (Å²) < 4.78 is 45.5. The van der Waals surface area contributed by atoms with Crippen LogP contribution in [0.25, 0.3) is 0 Å². The number of aromatic hydroxyl groups is 1. The number of nitrogens with one attached hydrogen (secondary N) is 2. The summed E-state index contributed by atoms with van der Waals surface area (Å²) in [5.41, 5.74) is 0.801. The summed E-state index contributed by atoms with van der Waals surface area (Å²) in [7, 11) is -1.04. The summed E-state index contributed by atoms with van der Waals surface area (Å²) >= 11 is 2.42. The molecule has 0 saturated carbocycles. The molecular formula is C14H14BrN5O4S3. The first-order valence-corrected chi connectivity index (χ1v) is 11.5. The van der Waals surface area contributed by atoms with E-state index >= 15 is 0 Å². The van der Waals surface area contributed by atoms with Crippen LogP contribution in [-0.4, -0.2) is 45.2 Å². The molecule has 0 aliphatic heterocycles. The number of hydrogen-bond acceptors (Lipinski definition) is 9. The highest BCUT2D eigenvalue weighted by Gasteiger charge is 2.27. The van der Waals surface area contributed by atoms with Crippen LogP contribution in [0.15, 0.2) is 38.3 Å². The van der Waals surface area contributed by atoms with E-state index in [1.54, 1.807) is 6.07 Å². The predicted octanol–water partition coefficient (Wildman–Crippen LogP) is 3.47. The van der Waals surface area contributed by atoms with Gasteiger partial charge in [-0.1, -0.05) is 12.1 Å². The molecule has 0 aliphatic rings. The second kappa shape index (κ2) is 7.69. The molecular weight excluding hydrogens is 478 g/mol. The van der Waals surface area contributed by atoms with Crippen LogP contribution in [-0.2, 0) is 10.0 Å². The van der Waals surface area contributed by atoms with Crippen molar-refractivity contribution in [2.24, 2.45) is 0 Å². The van der Waals surface area contributed by atoms with Crippen molar-refractivity contribution in [1.29, 1.82) is 0 Å². The summed E-state index contributed by atoms with van der Waals surface area (Å²) in [5, 5.41) is 17.5. The zero-order valence-corrected chi connectivity index (χ0v) is 18.0. The molecule has 0 radical (unpaired) electrons. The first kappa shape index (κ1) is 20.0. The maximum absolute atomic E-state index is 12.2. The molecule has 3 rings (SSSR count). The Morgan fingerprint density at radius 2 is 1.78 bits per heavy atom. The highest BCUT2D eigenvalue weighted by Crippen LogP contribution is 2.41.